The standard InChI is InChI=1S/C32H37N5O3.CH4/c1-32(2,3)24-12-14-25(15-13-24)37-26(20-28(36-37)23-7-6-18-34-21-23)8-4-5-9-30(39)35-29(31(33)40)19-22-10-16-27(38)17-11-22;/h6-7,10-18,20-21,29,38H,4-5,8-9,19H2,1-3H3,(H2,33,40)(H,35,39);1H4. The molecule has 8 heteroatoms. The minimum Gasteiger partial charge on any atom is -0.508 e. The number of nitrogens with zero attached hydrogens (tertiary/aromatic N) is 3. The predicted octanol–water partition coefficient (Wildman–Crippen LogP) is 5.50. The van der Waals surface area contributed by atoms with Gasteiger partial charge in [0.15, 0.2) is 0 Å². The first-order valence-electron chi connectivity index (χ1n) is 13.6. The number of benzene rings is 2. The number of hydrogen-bond acceptors (Lipinski definition) is 5. The summed E-state index contributed by atoms with van der Waals surface area (Å²) in [5.41, 5.74) is 11.5. The minimum atomic E-state index is -0.809. The van der Waals surface area contributed by atoms with Gasteiger partial charge >= 0.3 is 0 Å². The molecule has 0 aliphatic heterocycles. The van der Waals surface area contributed by atoms with Gasteiger partial charge < -0.3 is 16.2 Å². The van der Waals surface area contributed by atoms with Gasteiger partial charge in [-0.1, -0.05) is 52.5 Å². The van der Waals surface area contributed by atoms with Crippen LogP contribution in [0.15, 0.2) is 79.1 Å². The van der Waals surface area contributed by atoms with Crippen LogP contribution >= 0.6 is 0 Å². The fourth-order valence-electron chi connectivity index (χ4n) is 4.53. The summed E-state index contributed by atoms with van der Waals surface area (Å²) in [6, 6.07) is 20.1. The summed E-state index contributed by atoms with van der Waals surface area (Å²) >= 11 is 0. The number of phenols is 1. The first-order valence-corrected chi connectivity index (χ1v) is 13.6. The lowest BCUT2D eigenvalue weighted by Gasteiger charge is -2.19. The van der Waals surface area contributed by atoms with Crippen LogP contribution in [0.25, 0.3) is 16.9 Å². The number of phenolic OH excluding ortho intramolecular Hbond substituents is 1. The number of carbonyl (C=O) groups is 2. The number of rotatable bonds is 11. The van der Waals surface area contributed by atoms with Crippen molar-refractivity contribution in [2.75, 3.05) is 0 Å². The van der Waals surface area contributed by atoms with E-state index in [4.69, 9.17) is 10.8 Å². The molecule has 2 aromatic heterocycles. The smallest absolute Gasteiger partial charge is 0.240 e. The van der Waals surface area contributed by atoms with E-state index >= 15 is 0 Å². The van der Waals surface area contributed by atoms with Crippen LogP contribution in [0.2, 0.25) is 0 Å². The molecule has 4 N–H and O–H groups in total. The van der Waals surface area contributed by atoms with Crippen LogP contribution in [0.3, 0.4) is 0 Å². The highest BCUT2D eigenvalue weighted by Crippen LogP contribution is 2.26. The average Bonchev–Trinajstić information content (AvgIpc) is 3.36. The third-order valence-corrected chi connectivity index (χ3v) is 6.86. The Bertz CT molecular complexity index is 1420. The van der Waals surface area contributed by atoms with E-state index in [1.807, 2.05) is 16.8 Å². The van der Waals surface area contributed by atoms with Crippen LogP contribution in [0.1, 0.15) is 64.3 Å². The quantitative estimate of drug-likeness (QED) is 0.211. The van der Waals surface area contributed by atoms with Crippen LogP contribution in [-0.2, 0) is 27.8 Å². The van der Waals surface area contributed by atoms with Gasteiger partial charge in [0.1, 0.15) is 11.8 Å². The summed E-state index contributed by atoms with van der Waals surface area (Å²) in [5, 5.41) is 17.1. The molecule has 1 unspecified atom stereocenters. The van der Waals surface area contributed by atoms with Gasteiger partial charge in [-0.15, -0.1) is 0 Å². The number of carbonyl (C=O) groups excluding carboxylic acids is 2. The van der Waals surface area contributed by atoms with Gasteiger partial charge in [0, 0.05) is 36.5 Å². The van der Waals surface area contributed by atoms with Crippen LogP contribution in [0, 0.1) is 0 Å². The number of aromatic hydroxyl groups is 1. The second kappa shape index (κ2) is 13.7. The fraction of sp³-hybridized carbons (Fsp3) is 0.333. The molecule has 2 heterocycles. The Morgan fingerprint density at radius 1 is 1.02 bits per heavy atom. The first-order chi connectivity index (χ1) is 19.1. The maximum Gasteiger partial charge on any atom is 0.240 e. The summed E-state index contributed by atoms with van der Waals surface area (Å²) < 4.78 is 1.97. The maximum atomic E-state index is 12.6. The molecule has 8 nitrogen and oxygen atoms in total. The third kappa shape index (κ3) is 8.51. The Hall–Kier alpha value is -4.46. The van der Waals surface area contributed by atoms with Crippen molar-refractivity contribution in [1.82, 2.24) is 20.1 Å². The monoisotopic (exact) mass is 555 g/mol. The molecule has 0 saturated heterocycles. The van der Waals surface area contributed by atoms with E-state index in [9.17, 15) is 14.7 Å². The fourth-order valence-corrected chi connectivity index (χ4v) is 4.53. The zero-order valence-electron chi connectivity index (χ0n) is 23.3. The van der Waals surface area contributed by atoms with Crippen LogP contribution < -0.4 is 11.1 Å². The Balaban J connectivity index is 0.00000462. The number of pyridine rings is 1. The molecule has 4 aromatic rings. The van der Waals surface area contributed by atoms with Crippen LogP contribution in [0.5, 0.6) is 5.75 Å². The van der Waals surface area contributed by atoms with Crippen molar-refractivity contribution in [3.05, 3.63) is 95.9 Å². The molecule has 216 valence electrons. The van der Waals surface area contributed by atoms with E-state index in [-0.39, 0.29) is 37.3 Å². The summed E-state index contributed by atoms with van der Waals surface area (Å²) in [6.07, 6.45) is 6.24. The lowest BCUT2D eigenvalue weighted by Crippen LogP contribution is -2.45. The highest BCUT2D eigenvalue weighted by atomic mass is 16.3. The van der Waals surface area contributed by atoms with Crippen molar-refractivity contribution in [3.8, 4) is 22.7 Å². The topological polar surface area (TPSA) is 123 Å². The largest absolute Gasteiger partial charge is 0.508 e. The predicted molar refractivity (Wildman–Crippen MR) is 163 cm³/mol. The van der Waals surface area contributed by atoms with Gasteiger partial charge in [0.25, 0.3) is 0 Å². The van der Waals surface area contributed by atoms with Crippen LogP contribution in [0.4, 0.5) is 0 Å². The Morgan fingerprint density at radius 3 is 2.34 bits per heavy atom. The van der Waals surface area contributed by atoms with Gasteiger partial charge in [-0.2, -0.15) is 5.10 Å². The minimum absolute atomic E-state index is 0. The van der Waals surface area contributed by atoms with E-state index in [2.05, 4.69) is 61.4 Å². The number of aromatic nitrogens is 3. The normalized spacial score (nSPS) is 11.9. The Labute approximate surface area is 242 Å². The molecule has 0 aliphatic rings. The second-order valence-corrected chi connectivity index (χ2v) is 11.1. The van der Waals surface area contributed by atoms with E-state index in [0.717, 1.165) is 41.0 Å². The molecule has 0 saturated carbocycles. The van der Waals surface area contributed by atoms with Gasteiger partial charge in [0.05, 0.1) is 11.4 Å². The second-order valence-electron chi connectivity index (χ2n) is 11.1. The number of nitrogens with two attached hydrogens (primary N) is 1. The van der Waals surface area contributed by atoms with E-state index < -0.39 is 11.9 Å². The molecule has 2 amide bonds. The molecule has 41 heavy (non-hydrogen) atoms. The summed E-state index contributed by atoms with van der Waals surface area (Å²) in [6.45, 7) is 6.57. The summed E-state index contributed by atoms with van der Waals surface area (Å²) in [5.74, 6) is -0.671. The lowest BCUT2D eigenvalue weighted by atomic mass is 9.87. The molecule has 1 atom stereocenters. The SMILES string of the molecule is C.CC(C)(C)c1ccc(-n2nc(-c3cccnc3)cc2CCCCC(=O)NC(Cc2ccc(O)cc2)C(N)=O)cc1. The van der Waals surface area contributed by atoms with Gasteiger partial charge in [0.2, 0.25) is 11.8 Å². The number of primary amides is 1. The molecule has 0 spiro atoms. The molecular formula is C33H41N5O3. The molecule has 4 rings (SSSR count). The Morgan fingerprint density at radius 2 is 1.73 bits per heavy atom. The third-order valence-electron chi connectivity index (χ3n) is 6.86. The molecular weight excluding hydrogens is 514 g/mol. The van der Waals surface area contributed by atoms with E-state index in [1.54, 1.807) is 36.7 Å². The molecule has 2 aromatic carbocycles. The van der Waals surface area contributed by atoms with Gasteiger partial charge in [-0.05, 0) is 78.3 Å². The van der Waals surface area contributed by atoms with Crippen molar-refractivity contribution in [3.63, 3.8) is 0 Å². The summed E-state index contributed by atoms with van der Waals surface area (Å²) in [4.78, 5) is 28.8. The number of nitrogens with one attached hydrogen (secondary N) is 1. The van der Waals surface area contributed by atoms with Crippen molar-refractivity contribution in [2.45, 2.75) is 71.8 Å². The summed E-state index contributed by atoms with van der Waals surface area (Å²) in [7, 11) is 0. The van der Waals surface area contributed by atoms with Crippen molar-refractivity contribution >= 4 is 11.8 Å². The number of amides is 2. The zero-order valence-corrected chi connectivity index (χ0v) is 23.3. The average molecular weight is 556 g/mol. The molecule has 0 radical (unpaired) electrons. The Kier molecular flexibility index (Phi) is 10.4. The van der Waals surface area contributed by atoms with Crippen molar-refractivity contribution in [1.29, 1.82) is 0 Å². The first kappa shape index (κ1) is 31.1. The van der Waals surface area contributed by atoms with Crippen LogP contribution in [-0.4, -0.2) is 37.7 Å². The van der Waals surface area contributed by atoms with Crippen molar-refractivity contribution < 1.29 is 14.7 Å². The number of unbranched alkanes of at least 4 members (excludes halogenated alkanes) is 1. The molecule has 0 bridgehead atoms. The lowest BCUT2D eigenvalue weighted by molar-refractivity contribution is -0.127. The highest BCUT2D eigenvalue weighted by Gasteiger charge is 2.19. The number of aryl methyl sites for hydroxylation is 1. The van der Waals surface area contributed by atoms with Gasteiger partial charge in [-0.25, -0.2) is 4.68 Å². The maximum absolute atomic E-state index is 12.6. The highest BCUT2D eigenvalue weighted by molar-refractivity contribution is 5.86. The van der Waals surface area contributed by atoms with Crippen molar-refractivity contribution in [2.24, 2.45) is 5.73 Å². The van der Waals surface area contributed by atoms with E-state index in [1.165, 1.54) is 5.56 Å². The van der Waals surface area contributed by atoms with E-state index in [0.29, 0.717) is 6.42 Å². The molecule has 0 fully saturated rings. The van der Waals surface area contributed by atoms with Gasteiger partial charge in [-0.3, -0.25) is 14.6 Å². The number of hydrogen-bond donors (Lipinski definition) is 3. The molecule has 0 aliphatic carbocycles. The zero-order chi connectivity index (χ0) is 28.7.